The first-order chi connectivity index (χ1) is 9.78. The summed E-state index contributed by atoms with van der Waals surface area (Å²) in [6.07, 6.45) is -0.0927. The van der Waals surface area contributed by atoms with E-state index in [1.165, 1.54) is 0 Å². The standard InChI is InChI=1S/C14H13N3O2S/c1-9-6-10(7-15)2-3-11(9)14-16-13(17-19-14)12-8-20-5-4-18-12/h2-3,6,12H,4-5,8H2,1H3. The van der Waals surface area contributed by atoms with E-state index in [0.29, 0.717) is 17.3 Å². The van der Waals surface area contributed by atoms with Crippen molar-refractivity contribution in [1.82, 2.24) is 10.1 Å². The molecule has 2 aromatic rings. The third-order valence-electron chi connectivity index (χ3n) is 3.13. The molecular weight excluding hydrogens is 274 g/mol. The van der Waals surface area contributed by atoms with Crippen molar-refractivity contribution in [2.24, 2.45) is 0 Å². The lowest BCUT2D eigenvalue weighted by Crippen LogP contribution is -2.16. The zero-order chi connectivity index (χ0) is 13.9. The third-order valence-corrected chi connectivity index (χ3v) is 4.13. The number of thioether (sulfide) groups is 1. The molecular formula is C14H13N3O2S. The molecule has 6 heteroatoms. The molecule has 1 aromatic heterocycles. The molecule has 20 heavy (non-hydrogen) atoms. The molecule has 102 valence electrons. The molecule has 1 atom stereocenters. The highest BCUT2D eigenvalue weighted by Crippen LogP contribution is 2.28. The van der Waals surface area contributed by atoms with E-state index in [9.17, 15) is 0 Å². The van der Waals surface area contributed by atoms with Gasteiger partial charge in [0.2, 0.25) is 5.82 Å². The lowest BCUT2D eigenvalue weighted by Gasteiger charge is -2.18. The number of aromatic nitrogens is 2. The van der Waals surface area contributed by atoms with Crippen molar-refractivity contribution in [3.8, 4) is 17.5 Å². The van der Waals surface area contributed by atoms with Gasteiger partial charge in [0.05, 0.1) is 18.2 Å². The van der Waals surface area contributed by atoms with Crippen molar-refractivity contribution in [3.63, 3.8) is 0 Å². The third kappa shape index (κ3) is 2.55. The summed E-state index contributed by atoms with van der Waals surface area (Å²) in [5.74, 6) is 2.93. The van der Waals surface area contributed by atoms with Crippen LogP contribution in [0.5, 0.6) is 0 Å². The molecule has 1 unspecified atom stereocenters. The first-order valence-corrected chi connectivity index (χ1v) is 7.47. The van der Waals surface area contributed by atoms with Crippen LogP contribution in [0.3, 0.4) is 0 Å². The summed E-state index contributed by atoms with van der Waals surface area (Å²) >= 11 is 1.83. The van der Waals surface area contributed by atoms with Crippen molar-refractivity contribution < 1.29 is 9.26 Å². The molecule has 1 aliphatic rings. The molecule has 1 aliphatic heterocycles. The van der Waals surface area contributed by atoms with Crippen LogP contribution in [-0.4, -0.2) is 28.3 Å². The maximum atomic E-state index is 8.88. The van der Waals surface area contributed by atoms with E-state index in [2.05, 4.69) is 16.2 Å². The summed E-state index contributed by atoms with van der Waals surface area (Å²) in [5, 5.41) is 12.9. The van der Waals surface area contributed by atoms with Gasteiger partial charge in [0.15, 0.2) is 0 Å². The number of rotatable bonds is 2. The minimum Gasteiger partial charge on any atom is -0.368 e. The predicted molar refractivity (Wildman–Crippen MR) is 75.2 cm³/mol. The van der Waals surface area contributed by atoms with Crippen molar-refractivity contribution in [3.05, 3.63) is 35.2 Å². The number of hydrogen-bond donors (Lipinski definition) is 0. The molecule has 1 saturated heterocycles. The van der Waals surface area contributed by atoms with Gasteiger partial charge in [-0.3, -0.25) is 0 Å². The van der Waals surface area contributed by atoms with Crippen LogP contribution in [0.15, 0.2) is 22.7 Å². The molecule has 0 amide bonds. The average molecular weight is 287 g/mol. The topological polar surface area (TPSA) is 71.9 Å². The van der Waals surface area contributed by atoms with Gasteiger partial charge in [-0.25, -0.2) is 0 Å². The summed E-state index contributed by atoms with van der Waals surface area (Å²) < 4.78 is 11.0. The van der Waals surface area contributed by atoms with Crippen LogP contribution in [0.25, 0.3) is 11.5 Å². The molecule has 3 rings (SSSR count). The van der Waals surface area contributed by atoms with E-state index in [1.54, 1.807) is 6.07 Å². The Labute approximate surface area is 120 Å². The van der Waals surface area contributed by atoms with Gasteiger partial charge in [0.1, 0.15) is 6.10 Å². The lowest BCUT2D eigenvalue weighted by atomic mass is 10.1. The van der Waals surface area contributed by atoms with Gasteiger partial charge in [-0.1, -0.05) is 5.16 Å². The normalized spacial score (nSPS) is 18.7. The quantitative estimate of drug-likeness (QED) is 0.845. The first kappa shape index (κ1) is 13.2. The highest BCUT2D eigenvalue weighted by Gasteiger charge is 2.22. The van der Waals surface area contributed by atoms with Gasteiger partial charge < -0.3 is 9.26 Å². The molecule has 0 aliphatic carbocycles. The Morgan fingerprint density at radius 3 is 3.05 bits per heavy atom. The molecule has 5 nitrogen and oxygen atoms in total. The Balaban J connectivity index is 1.88. The van der Waals surface area contributed by atoms with Crippen LogP contribution >= 0.6 is 11.8 Å². The Hall–Kier alpha value is -1.84. The second-order valence-electron chi connectivity index (χ2n) is 4.53. The van der Waals surface area contributed by atoms with Crippen molar-refractivity contribution in [1.29, 1.82) is 5.26 Å². The zero-order valence-electron chi connectivity index (χ0n) is 11.0. The number of benzene rings is 1. The van der Waals surface area contributed by atoms with Crippen LogP contribution in [0, 0.1) is 18.3 Å². The van der Waals surface area contributed by atoms with Crippen LogP contribution < -0.4 is 0 Å². The average Bonchev–Trinajstić information content (AvgIpc) is 2.97. The van der Waals surface area contributed by atoms with Crippen molar-refractivity contribution >= 4 is 11.8 Å². The van der Waals surface area contributed by atoms with E-state index in [4.69, 9.17) is 14.5 Å². The molecule has 0 spiro atoms. The van der Waals surface area contributed by atoms with Gasteiger partial charge in [-0.15, -0.1) is 0 Å². The Morgan fingerprint density at radius 1 is 1.45 bits per heavy atom. The minimum absolute atomic E-state index is 0.0927. The molecule has 1 aromatic carbocycles. The summed E-state index contributed by atoms with van der Waals surface area (Å²) in [6.45, 7) is 2.64. The smallest absolute Gasteiger partial charge is 0.258 e. The number of aryl methyl sites for hydroxylation is 1. The van der Waals surface area contributed by atoms with E-state index < -0.39 is 0 Å². The van der Waals surface area contributed by atoms with Crippen molar-refractivity contribution in [2.75, 3.05) is 18.1 Å². The van der Waals surface area contributed by atoms with E-state index in [0.717, 1.165) is 29.2 Å². The van der Waals surface area contributed by atoms with E-state index >= 15 is 0 Å². The monoisotopic (exact) mass is 287 g/mol. The first-order valence-electron chi connectivity index (χ1n) is 6.32. The second kappa shape index (κ2) is 5.65. The fourth-order valence-corrected chi connectivity index (χ4v) is 2.93. The maximum absolute atomic E-state index is 8.88. The molecule has 2 heterocycles. The van der Waals surface area contributed by atoms with Gasteiger partial charge >= 0.3 is 0 Å². The largest absolute Gasteiger partial charge is 0.368 e. The zero-order valence-corrected chi connectivity index (χ0v) is 11.8. The minimum atomic E-state index is -0.0927. The Morgan fingerprint density at radius 2 is 2.35 bits per heavy atom. The number of ether oxygens (including phenoxy) is 1. The lowest BCUT2D eigenvalue weighted by molar-refractivity contribution is 0.0677. The molecule has 1 fully saturated rings. The molecule has 0 radical (unpaired) electrons. The fraction of sp³-hybridized carbons (Fsp3) is 0.357. The van der Waals surface area contributed by atoms with Crippen LogP contribution in [0.2, 0.25) is 0 Å². The SMILES string of the molecule is Cc1cc(C#N)ccc1-c1nc(C2CSCCO2)no1. The van der Waals surface area contributed by atoms with Gasteiger partial charge in [0, 0.05) is 17.1 Å². The maximum Gasteiger partial charge on any atom is 0.258 e. The van der Waals surface area contributed by atoms with Gasteiger partial charge in [-0.2, -0.15) is 22.0 Å². The number of nitrogens with zero attached hydrogens (tertiary/aromatic N) is 3. The molecule has 0 N–H and O–H groups in total. The molecule has 0 bridgehead atoms. The summed E-state index contributed by atoms with van der Waals surface area (Å²) in [7, 11) is 0. The highest BCUT2D eigenvalue weighted by atomic mass is 32.2. The van der Waals surface area contributed by atoms with E-state index in [1.807, 2.05) is 30.8 Å². The summed E-state index contributed by atoms with van der Waals surface area (Å²) in [6, 6.07) is 7.51. The Kier molecular flexibility index (Phi) is 3.72. The van der Waals surface area contributed by atoms with Crippen LogP contribution in [0.4, 0.5) is 0 Å². The second-order valence-corrected chi connectivity index (χ2v) is 5.68. The highest BCUT2D eigenvalue weighted by molar-refractivity contribution is 7.99. The number of hydrogen-bond acceptors (Lipinski definition) is 6. The van der Waals surface area contributed by atoms with E-state index in [-0.39, 0.29) is 6.10 Å². The van der Waals surface area contributed by atoms with Crippen LogP contribution in [0.1, 0.15) is 23.1 Å². The summed E-state index contributed by atoms with van der Waals surface area (Å²) in [5.41, 5.74) is 2.42. The summed E-state index contributed by atoms with van der Waals surface area (Å²) in [4.78, 5) is 4.42. The van der Waals surface area contributed by atoms with Gasteiger partial charge in [0.25, 0.3) is 5.89 Å². The Bertz CT molecular complexity index is 657. The molecule has 0 saturated carbocycles. The number of nitriles is 1. The van der Waals surface area contributed by atoms with Gasteiger partial charge in [-0.05, 0) is 30.7 Å². The van der Waals surface area contributed by atoms with Crippen molar-refractivity contribution in [2.45, 2.75) is 13.0 Å². The fourth-order valence-electron chi connectivity index (χ4n) is 2.09. The van der Waals surface area contributed by atoms with Crippen LogP contribution in [-0.2, 0) is 4.74 Å². The predicted octanol–water partition coefficient (Wildman–Crippen LogP) is 2.72.